The van der Waals surface area contributed by atoms with Crippen LogP contribution in [0.3, 0.4) is 0 Å². The average Bonchev–Trinajstić information content (AvgIpc) is 2.83. The number of carbonyl (C=O) groups excluding carboxylic acids is 2. The Morgan fingerprint density at radius 2 is 2.05 bits per heavy atom. The third kappa shape index (κ3) is 3.14. The molecule has 0 bridgehead atoms. The highest BCUT2D eigenvalue weighted by atomic mass is 19.1. The predicted molar refractivity (Wildman–Crippen MR) is 72.0 cm³/mol. The molecular weight excluding hydrogens is 261 g/mol. The van der Waals surface area contributed by atoms with Crippen molar-refractivity contribution in [1.29, 1.82) is 0 Å². The first-order valence-corrected chi connectivity index (χ1v) is 6.57. The number of primary amides is 1. The fraction of sp³-hybridized carbons (Fsp3) is 0.429. The van der Waals surface area contributed by atoms with Crippen LogP contribution in [0.2, 0.25) is 0 Å². The van der Waals surface area contributed by atoms with E-state index in [4.69, 9.17) is 5.73 Å². The molecule has 20 heavy (non-hydrogen) atoms. The normalized spacial score (nSPS) is 23.3. The van der Waals surface area contributed by atoms with Gasteiger partial charge >= 0.3 is 0 Å². The summed E-state index contributed by atoms with van der Waals surface area (Å²) in [6.45, 7) is 2.70. The number of halogens is 1. The first-order valence-electron chi connectivity index (χ1n) is 6.57. The van der Waals surface area contributed by atoms with Crippen molar-refractivity contribution in [1.82, 2.24) is 10.6 Å². The van der Waals surface area contributed by atoms with Crippen molar-refractivity contribution < 1.29 is 14.0 Å². The molecule has 1 aromatic carbocycles. The van der Waals surface area contributed by atoms with E-state index in [-0.39, 0.29) is 17.9 Å². The lowest BCUT2D eigenvalue weighted by molar-refractivity contribution is -0.130. The number of nitrogens with one attached hydrogen (secondary N) is 2. The molecule has 0 saturated carbocycles. The van der Waals surface area contributed by atoms with Crippen LogP contribution in [-0.2, 0) is 9.59 Å². The van der Waals surface area contributed by atoms with Crippen LogP contribution in [0.5, 0.6) is 0 Å². The van der Waals surface area contributed by atoms with Crippen LogP contribution in [0.15, 0.2) is 24.3 Å². The van der Waals surface area contributed by atoms with Gasteiger partial charge in [-0.15, -0.1) is 0 Å². The second-order valence-corrected chi connectivity index (χ2v) is 5.03. The van der Waals surface area contributed by atoms with Crippen molar-refractivity contribution >= 4 is 11.8 Å². The molecule has 1 aliphatic heterocycles. The lowest BCUT2D eigenvalue weighted by atomic mass is 9.99. The second-order valence-electron chi connectivity index (χ2n) is 5.03. The zero-order chi connectivity index (χ0) is 14.7. The maximum absolute atomic E-state index is 12.9. The van der Waals surface area contributed by atoms with E-state index in [1.165, 1.54) is 24.3 Å². The summed E-state index contributed by atoms with van der Waals surface area (Å²) < 4.78 is 12.9. The second kappa shape index (κ2) is 6.00. The first kappa shape index (κ1) is 14.5. The van der Waals surface area contributed by atoms with Crippen LogP contribution in [0.1, 0.15) is 24.9 Å². The number of hydrogen-bond acceptors (Lipinski definition) is 3. The zero-order valence-corrected chi connectivity index (χ0v) is 11.2. The van der Waals surface area contributed by atoms with E-state index in [9.17, 15) is 14.0 Å². The van der Waals surface area contributed by atoms with Crippen LogP contribution in [0.25, 0.3) is 0 Å². The van der Waals surface area contributed by atoms with Crippen LogP contribution >= 0.6 is 0 Å². The molecule has 0 aromatic heterocycles. The van der Waals surface area contributed by atoms with Gasteiger partial charge in [0.25, 0.3) is 0 Å². The molecule has 108 valence electrons. The van der Waals surface area contributed by atoms with Crippen LogP contribution in [0, 0.1) is 11.7 Å². The Kier molecular flexibility index (Phi) is 4.34. The van der Waals surface area contributed by atoms with E-state index in [1.54, 1.807) is 0 Å². The number of rotatable bonds is 4. The number of carbonyl (C=O) groups is 2. The Balaban J connectivity index is 2.11. The fourth-order valence-corrected chi connectivity index (χ4v) is 2.44. The summed E-state index contributed by atoms with van der Waals surface area (Å²) in [6.07, 6.45) is 0.724. The molecule has 6 heteroatoms. The van der Waals surface area contributed by atoms with Crippen LogP contribution in [-0.4, -0.2) is 24.4 Å². The molecular formula is C14H18FN3O2. The van der Waals surface area contributed by atoms with E-state index in [0.29, 0.717) is 5.56 Å². The summed E-state index contributed by atoms with van der Waals surface area (Å²) >= 11 is 0. The van der Waals surface area contributed by atoms with Crippen molar-refractivity contribution in [2.24, 2.45) is 11.7 Å². The Bertz CT molecular complexity index is 504. The maximum Gasteiger partial charge on any atom is 0.244 e. The minimum absolute atomic E-state index is 0.0664. The highest BCUT2D eigenvalue weighted by Gasteiger charge is 2.32. The topological polar surface area (TPSA) is 84.2 Å². The summed E-state index contributed by atoms with van der Waals surface area (Å²) in [4.78, 5) is 23.7. The van der Waals surface area contributed by atoms with Gasteiger partial charge in [0.2, 0.25) is 11.8 Å². The summed E-state index contributed by atoms with van der Waals surface area (Å²) in [6, 6.07) is 4.49. The molecule has 0 spiro atoms. The molecule has 2 rings (SSSR count). The lowest BCUT2D eigenvalue weighted by Gasteiger charge is -2.20. The van der Waals surface area contributed by atoms with Gasteiger partial charge in [-0.1, -0.05) is 12.1 Å². The lowest BCUT2D eigenvalue weighted by Crippen LogP contribution is -2.43. The monoisotopic (exact) mass is 279 g/mol. The van der Waals surface area contributed by atoms with Crippen molar-refractivity contribution in [3.8, 4) is 0 Å². The minimum Gasteiger partial charge on any atom is -0.368 e. The number of hydrogen-bond donors (Lipinski definition) is 3. The Morgan fingerprint density at radius 1 is 1.40 bits per heavy atom. The van der Waals surface area contributed by atoms with Crippen molar-refractivity contribution in [3.63, 3.8) is 0 Å². The van der Waals surface area contributed by atoms with E-state index < -0.39 is 17.8 Å². The number of benzene rings is 1. The van der Waals surface area contributed by atoms with Gasteiger partial charge in [-0.05, 0) is 37.6 Å². The largest absolute Gasteiger partial charge is 0.368 e. The molecule has 2 amide bonds. The molecule has 1 saturated heterocycles. The molecule has 3 atom stereocenters. The third-order valence-corrected chi connectivity index (χ3v) is 3.64. The molecule has 1 heterocycles. The van der Waals surface area contributed by atoms with Crippen LogP contribution < -0.4 is 16.4 Å². The van der Waals surface area contributed by atoms with E-state index in [0.717, 1.165) is 13.0 Å². The third-order valence-electron chi connectivity index (χ3n) is 3.64. The van der Waals surface area contributed by atoms with Crippen molar-refractivity contribution in [2.75, 3.05) is 6.54 Å². The standard InChI is InChI=1S/C14H18FN3O2/c1-8-11(6-7-17-8)14(20)18-12(13(16)19)9-2-4-10(15)5-3-9/h2-5,8,11-12,17H,6-7H2,1H3,(H2,16,19)(H,18,20). The maximum atomic E-state index is 12.9. The van der Waals surface area contributed by atoms with E-state index in [1.807, 2.05) is 6.92 Å². The van der Waals surface area contributed by atoms with Gasteiger partial charge in [-0.25, -0.2) is 4.39 Å². The van der Waals surface area contributed by atoms with Gasteiger partial charge < -0.3 is 16.4 Å². The van der Waals surface area contributed by atoms with Gasteiger partial charge in [0.15, 0.2) is 0 Å². The van der Waals surface area contributed by atoms with Gasteiger partial charge in [0, 0.05) is 6.04 Å². The summed E-state index contributed by atoms with van der Waals surface area (Å²) in [7, 11) is 0. The van der Waals surface area contributed by atoms with Crippen molar-refractivity contribution in [3.05, 3.63) is 35.6 Å². The molecule has 3 unspecified atom stereocenters. The molecule has 4 N–H and O–H groups in total. The molecule has 1 fully saturated rings. The summed E-state index contributed by atoms with van der Waals surface area (Å²) in [5, 5.41) is 5.82. The molecule has 0 radical (unpaired) electrons. The van der Waals surface area contributed by atoms with Gasteiger partial charge in [0.1, 0.15) is 11.9 Å². The SMILES string of the molecule is CC1NCCC1C(=O)NC(C(N)=O)c1ccc(F)cc1. The fourth-order valence-electron chi connectivity index (χ4n) is 2.44. The molecule has 1 aromatic rings. The average molecular weight is 279 g/mol. The number of amides is 2. The summed E-state index contributed by atoms with van der Waals surface area (Å²) in [5.74, 6) is -1.46. The Hall–Kier alpha value is -1.95. The quantitative estimate of drug-likeness (QED) is 0.749. The Labute approximate surface area is 116 Å². The van der Waals surface area contributed by atoms with Gasteiger partial charge in [0.05, 0.1) is 5.92 Å². The Morgan fingerprint density at radius 3 is 2.55 bits per heavy atom. The van der Waals surface area contributed by atoms with E-state index in [2.05, 4.69) is 10.6 Å². The first-order chi connectivity index (χ1) is 9.49. The van der Waals surface area contributed by atoms with Gasteiger partial charge in [-0.3, -0.25) is 9.59 Å². The highest BCUT2D eigenvalue weighted by Crippen LogP contribution is 2.19. The summed E-state index contributed by atoms with van der Waals surface area (Å²) in [5.41, 5.74) is 5.80. The smallest absolute Gasteiger partial charge is 0.244 e. The number of nitrogens with two attached hydrogens (primary N) is 1. The minimum atomic E-state index is -0.934. The highest BCUT2D eigenvalue weighted by molar-refractivity contribution is 5.88. The van der Waals surface area contributed by atoms with Crippen molar-refractivity contribution in [2.45, 2.75) is 25.4 Å². The molecule has 1 aliphatic rings. The van der Waals surface area contributed by atoms with E-state index >= 15 is 0 Å². The van der Waals surface area contributed by atoms with Crippen LogP contribution in [0.4, 0.5) is 4.39 Å². The predicted octanol–water partition coefficient (Wildman–Crippen LogP) is 0.466. The van der Waals surface area contributed by atoms with Gasteiger partial charge in [-0.2, -0.15) is 0 Å². The molecule has 5 nitrogen and oxygen atoms in total. The zero-order valence-electron chi connectivity index (χ0n) is 11.2. The molecule has 0 aliphatic carbocycles.